The number of ether oxygens (including phenoxy) is 2. The molecular weight excluding hydrogens is 452 g/mol. The second-order valence-electron chi connectivity index (χ2n) is 9.53. The maximum absolute atomic E-state index is 13.2. The van der Waals surface area contributed by atoms with Crippen molar-refractivity contribution in [1.29, 1.82) is 0 Å². The molecule has 3 atom stereocenters. The van der Waals surface area contributed by atoms with Crippen molar-refractivity contribution in [2.75, 3.05) is 19.6 Å². The molecule has 2 aliphatic rings. The summed E-state index contributed by atoms with van der Waals surface area (Å²) < 4.78 is 11.8. The van der Waals surface area contributed by atoms with Gasteiger partial charge in [0, 0.05) is 18.0 Å². The maximum atomic E-state index is 13.2. The summed E-state index contributed by atoms with van der Waals surface area (Å²) in [6.07, 6.45) is -0.667. The molecule has 3 heterocycles. The van der Waals surface area contributed by atoms with E-state index in [2.05, 4.69) is 5.32 Å². The van der Waals surface area contributed by atoms with E-state index in [9.17, 15) is 9.59 Å². The average Bonchev–Trinajstić information content (AvgIpc) is 3.46. The van der Waals surface area contributed by atoms with Crippen LogP contribution < -0.4 is 5.32 Å². The Morgan fingerprint density at radius 1 is 1.18 bits per heavy atom. The number of thiophene rings is 1. The molecule has 0 aliphatic carbocycles. The summed E-state index contributed by atoms with van der Waals surface area (Å²) in [5.74, 6) is -0.227. The highest BCUT2D eigenvalue weighted by molar-refractivity contribution is 7.09. The van der Waals surface area contributed by atoms with E-state index in [1.54, 1.807) is 11.3 Å². The molecule has 0 unspecified atom stereocenters. The molecule has 0 spiro atoms. The highest BCUT2D eigenvalue weighted by atomic mass is 32.1. The molecule has 2 aliphatic heterocycles. The van der Waals surface area contributed by atoms with Gasteiger partial charge < -0.3 is 19.7 Å². The van der Waals surface area contributed by atoms with E-state index in [0.29, 0.717) is 25.7 Å². The van der Waals surface area contributed by atoms with Gasteiger partial charge in [-0.3, -0.25) is 9.69 Å². The van der Waals surface area contributed by atoms with E-state index in [0.717, 1.165) is 10.4 Å². The molecular formula is C25H32N4O4S. The van der Waals surface area contributed by atoms with E-state index in [1.165, 1.54) is 4.90 Å². The number of carbonyl (C=O) groups excluding carboxylic acids is 2. The van der Waals surface area contributed by atoms with Gasteiger partial charge in [0.15, 0.2) is 0 Å². The Morgan fingerprint density at radius 2 is 1.94 bits per heavy atom. The van der Waals surface area contributed by atoms with Gasteiger partial charge in [0.25, 0.3) is 6.02 Å². The van der Waals surface area contributed by atoms with E-state index < -0.39 is 17.7 Å². The van der Waals surface area contributed by atoms with Crippen LogP contribution >= 0.6 is 11.3 Å². The predicted molar refractivity (Wildman–Crippen MR) is 132 cm³/mol. The number of benzene rings is 1. The average molecular weight is 485 g/mol. The van der Waals surface area contributed by atoms with Crippen LogP contribution in [0, 0.1) is 0 Å². The molecule has 1 fully saturated rings. The van der Waals surface area contributed by atoms with Crippen molar-refractivity contribution < 1.29 is 19.1 Å². The second kappa shape index (κ2) is 10.0. The van der Waals surface area contributed by atoms with Crippen LogP contribution in [0.15, 0.2) is 52.8 Å². The van der Waals surface area contributed by atoms with Crippen molar-refractivity contribution in [3.8, 4) is 0 Å². The Balaban J connectivity index is 1.48. The second-order valence-corrected chi connectivity index (χ2v) is 10.6. The number of rotatable bonds is 4. The first kappa shape index (κ1) is 24.1. The highest BCUT2D eigenvalue weighted by Crippen LogP contribution is 2.30. The zero-order valence-corrected chi connectivity index (χ0v) is 20.9. The number of amides is 2. The zero-order chi connectivity index (χ0) is 24.3. The van der Waals surface area contributed by atoms with Gasteiger partial charge in [-0.1, -0.05) is 36.4 Å². The maximum Gasteiger partial charge on any atom is 0.411 e. The number of aliphatic imine (C=N–C) groups is 1. The Bertz CT molecular complexity index is 1020. The first-order chi connectivity index (χ1) is 16.2. The predicted octanol–water partition coefficient (Wildman–Crippen LogP) is 3.80. The lowest BCUT2D eigenvalue weighted by atomic mass is 10.0. The van der Waals surface area contributed by atoms with Crippen molar-refractivity contribution in [2.45, 2.75) is 58.0 Å². The lowest BCUT2D eigenvalue weighted by molar-refractivity contribution is -0.128. The van der Waals surface area contributed by atoms with Gasteiger partial charge in [0.05, 0.1) is 19.1 Å². The first-order valence-electron chi connectivity index (χ1n) is 11.6. The Morgan fingerprint density at radius 3 is 2.62 bits per heavy atom. The lowest BCUT2D eigenvalue weighted by Crippen LogP contribution is -2.62. The molecule has 34 heavy (non-hydrogen) atoms. The van der Waals surface area contributed by atoms with Crippen LogP contribution in [-0.4, -0.2) is 65.1 Å². The Kier molecular flexibility index (Phi) is 7.11. The molecule has 8 nitrogen and oxygen atoms in total. The molecule has 9 heteroatoms. The van der Waals surface area contributed by atoms with Crippen LogP contribution in [0.5, 0.6) is 0 Å². The fourth-order valence-electron chi connectivity index (χ4n) is 4.06. The lowest BCUT2D eigenvalue weighted by Gasteiger charge is -2.41. The van der Waals surface area contributed by atoms with Crippen LogP contribution in [0.25, 0.3) is 0 Å². The molecule has 1 saturated heterocycles. The molecule has 182 valence electrons. The van der Waals surface area contributed by atoms with Crippen LogP contribution in [0.3, 0.4) is 0 Å². The fourth-order valence-corrected chi connectivity index (χ4v) is 4.70. The molecule has 4 rings (SSSR count). The van der Waals surface area contributed by atoms with Crippen LogP contribution in [0.1, 0.15) is 44.2 Å². The molecule has 1 aromatic carbocycles. The summed E-state index contributed by atoms with van der Waals surface area (Å²) in [6, 6.07) is 13.7. The number of amidine groups is 1. The van der Waals surface area contributed by atoms with Crippen molar-refractivity contribution >= 4 is 29.4 Å². The summed E-state index contributed by atoms with van der Waals surface area (Å²) in [5, 5.41) is 4.94. The standard InChI is InChI=1S/C25H32N4O4S/c1-17-21(18-9-6-5-7-10-18)32-23(27-17)28-12-13-29(24(31)33-25(2,3)4)20(16-28)22(30)26-15-19-11-8-14-34-19/h5-11,14,17,20-21H,12-13,15-16H2,1-4H3,(H,26,30)/t17-,20-,21+/m0/s1. The van der Waals surface area contributed by atoms with Gasteiger partial charge in [-0.05, 0) is 44.7 Å². The molecule has 0 saturated carbocycles. The third-order valence-corrected chi connectivity index (χ3v) is 6.59. The van der Waals surface area contributed by atoms with E-state index in [-0.39, 0.29) is 24.6 Å². The number of hydrogen-bond acceptors (Lipinski definition) is 7. The van der Waals surface area contributed by atoms with E-state index >= 15 is 0 Å². The minimum atomic E-state index is -0.721. The quantitative estimate of drug-likeness (QED) is 0.714. The number of nitrogens with zero attached hydrogens (tertiary/aromatic N) is 3. The first-order valence-corrected chi connectivity index (χ1v) is 12.4. The highest BCUT2D eigenvalue weighted by Gasteiger charge is 2.41. The van der Waals surface area contributed by atoms with Gasteiger partial charge in [0.1, 0.15) is 17.7 Å². The third-order valence-electron chi connectivity index (χ3n) is 5.71. The van der Waals surface area contributed by atoms with Crippen LogP contribution in [0.4, 0.5) is 4.79 Å². The van der Waals surface area contributed by atoms with E-state index in [4.69, 9.17) is 14.5 Å². The molecule has 0 bridgehead atoms. The van der Waals surface area contributed by atoms with Crippen LogP contribution in [0.2, 0.25) is 0 Å². The van der Waals surface area contributed by atoms with Crippen molar-refractivity contribution in [3.63, 3.8) is 0 Å². The minimum absolute atomic E-state index is 0.0487. The molecule has 2 aromatic rings. The summed E-state index contributed by atoms with van der Waals surface area (Å²) in [5.41, 5.74) is 0.412. The molecule has 2 amide bonds. The van der Waals surface area contributed by atoms with Crippen molar-refractivity contribution in [2.24, 2.45) is 4.99 Å². The smallest absolute Gasteiger partial charge is 0.411 e. The zero-order valence-electron chi connectivity index (χ0n) is 20.1. The van der Waals surface area contributed by atoms with Gasteiger partial charge in [-0.2, -0.15) is 0 Å². The molecule has 0 radical (unpaired) electrons. The SMILES string of the molecule is C[C@@H]1N=C(N2CCN(C(=O)OC(C)(C)C)[C@H](C(=O)NCc3cccs3)C2)O[C@H]1c1ccccc1. The molecule has 1 aromatic heterocycles. The molecule has 1 N–H and O–H groups in total. The fraction of sp³-hybridized carbons (Fsp3) is 0.480. The van der Waals surface area contributed by atoms with Gasteiger partial charge in [-0.15, -0.1) is 11.3 Å². The third kappa shape index (κ3) is 5.70. The summed E-state index contributed by atoms with van der Waals surface area (Å²) in [4.78, 5) is 35.4. The van der Waals surface area contributed by atoms with Gasteiger partial charge >= 0.3 is 6.09 Å². The minimum Gasteiger partial charge on any atom is -0.455 e. The van der Waals surface area contributed by atoms with Crippen LogP contribution in [-0.2, 0) is 20.8 Å². The van der Waals surface area contributed by atoms with E-state index in [1.807, 2.05) is 80.4 Å². The summed E-state index contributed by atoms with van der Waals surface area (Å²) in [6.45, 7) is 9.01. The number of piperazine rings is 1. The topological polar surface area (TPSA) is 83.5 Å². The number of nitrogens with one attached hydrogen (secondary N) is 1. The number of carbonyl (C=O) groups is 2. The van der Waals surface area contributed by atoms with Gasteiger partial charge in [0.2, 0.25) is 5.91 Å². The summed E-state index contributed by atoms with van der Waals surface area (Å²) in [7, 11) is 0. The van der Waals surface area contributed by atoms with Crippen molar-refractivity contribution in [3.05, 3.63) is 58.3 Å². The van der Waals surface area contributed by atoms with Crippen molar-refractivity contribution in [1.82, 2.24) is 15.1 Å². The monoisotopic (exact) mass is 484 g/mol. The Labute approximate surface area is 204 Å². The van der Waals surface area contributed by atoms with Gasteiger partial charge in [-0.25, -0.2) is 9.79 Å². The Hall–Kier alpha value is -3.07. The largest absolute Gasteiger partial charge is 0.455 e. The summed E-state index contributed by atoms with van der Waals surface area (Å²) >= 11 is 1.58. The number of hydrogen-bond donors (Lipinski definition) is 1. The normalized spacial score (nSPS) is 22.7.